The molecule has 1 aromatic carbocycles. The first-order valence-electron chi connectivity index (χ1n) is 7.29. The molecule has 3 nitrogen and oxygen atoms in total. The molecule has 0 spiro atoms. The highest BCUT2D eigenvalue weighted by molar-refractivity contribution is 5.19. The van der Waals surface area contributed by atoms with Gasteiger partial charge in [0.1, 0.15) is 5.82 Å². The first kappa shape index (κ1) is 17.1. The van der Waals surface area contributed by atoms with Gasteiger partial charge in [0.2, 0.25) is 0 Å². The second kappa shape index (κ2) is 9.86. The summed E-state index contributed by atoms with van der Waals surface area (Å²) in [6.07, 6.45) is -0.0711. The molecule has 1 N–H and O–H groups in total. The first-order chi connectivity index (χ1) is 9.63. The fraction of sp³-hybridized carbons (Fsp3) is 0.625. The van der Waals surface area contributed by atoms with Gasteiger partial charge in [0.15, 0.2) is 0 Å². The Hall–Kier alpha value is -0.970. The summed E-state index contributed by atoms with van der Waals surface area (Å²) in [7, 11) is 0. The summed E-state index contributed by atoms with van der Waals surface area (Å²) in [4.78, 5) is 0. The molecule has 1 aromatic rings. The van der Waals surface area contributed by atoms with Crippen LogP contribution in [0.25, 0.3) is 0 Å². The van der Waals surface area contributed by atoms with Crippen LogP contribution in [0.1, 0.15) is 32.4 Å². The minimum Gasteiger partial charge on any atom is -0.379 e. The number of likely N-dealkylation sites (N-methyl/N-ethyl adjacent to an activating group) is 1. The average Bonchev–Trinajstić information content (AvgIpc) is 2.42. The zero-order chi connectivity index (χ0) is 14.8. The van der Waals surface area contributed by atoms with Crippen LogP contribution in [0.15, 0.2) is 24.3 Å². The van der Waals surface area contributed by atoms with Gasteiger partial charge in [0, 0.05) is 13.2 Å². The molecular formula is C16H26FNO2. The highest BCUT2D eigenvalue weighted by Crippen LogP contribution is 2.17. The number of benzene rings is 1. The van der Waals surface area contributed by atoms with Crippen LogP contribution in [0.5, 0.6) is 0 Å². The van der Waals surface area contributed by atoms with Crippen molar-refractivity contribution in [3.63, 3.8) is 0 Å². The maximum Gasteiger partial charge on any atom is 0.123 e. The van der Waals surface area contributed by atoms with E-state index >= 15 is 0 Å². The highest BCUT2D eigenvalue weighted by atomic mass is 19.1. The quantitative estimate of drug-likeness (QED) is 0.669. The van der Waals surface area contributed by atoms with Gasteiger partial charge in [-0.3, -0.25) is 0 Å². The highest BCUT2D eigenvalue weighted by Gasteiger charge is 2.11. The molecule has 0 amide bonds. The predicted molar refractivity (Wildman–Crippen MR) is 79.3 cm³/mol. The van der Waals surface area contributed by atoms with Gasteiger partial charge >= 0.3 is 0 Å². The minimum atomic E-state index is -0.226. The Morgan fingerprint density at radius 3 is 2.45 bits per heavy atom. The van der Waals surface area contributed by atoms with Crippen molar-refractivity contribution in [2.24, 2.45) is 5.92 Å². The third-order valence-electron chi connectivity index (χ3n) is 2.82. The summed E-state index contributed by atoms with van der Waals surface area (Å²) < 4.78 is 24.3. The van der Waals surface area contributed by atoms with Gasteiger partial charge < -0.3 is 14.8 Å². The maximum absolute atomic E-state index is 13.0. The van der Waals surface area contributed by atoms with Crippen molar-refractivity contribution in [1.82, 2.24) is 5.32 Å². The van der Waals surface area contributed by atoms with Gasteiger partial charge in [-0.25, -0.2) is 4.39 Å². The number of halogens is 1. The molecule has 0 fully saturated rings. The van der Waals surface area contributed by atoms with Crippen LogP contribution in [-0.2, 0) is 9.47 Å². The zero-order valence-corrected chi connectivity index (χ0v) is 12.7. The van der Waals surface area contributed by atoms with Gasteiger partial charge in [-0.15, -0.1) is 0 Å². The van der Waals surface area contributed by atoms with Crippen molar-refractivity contribution in [2.75, 3.05) is 32.9 Å². The van der Waals surface area contributed by atoms with Crippen molar-refractivity contribution >= 4 is 0 Å². The fourth-order valence-corrected chi connectivity index (χ4v) is 1.79. The van der Waals surface area contributed by atoms with Crippen molar-refractivity contribution in [2.45, 2.75) is 26.9 Å². The Morgan fingerprint density at radius 1 is 1.15 bits per heavy atom. The topological polar surface area (TPSA) is 30.5 Å². The maximum atomic E-state index is 13.0. The molecule has 20 heavy (non-hydrogen) atoms. The third-order valence-corrected chi connectivity index (χ3v) is 2.82. The van der Waals surface area contributed by atoms with E-state index < -0.39 is 0 Å². The number of hydrogen-bond donors (Lipinski definition) is 1. The standard InChI is InChI=1S/C16H26FNO2/c1-4-18-11-16(14-5-7-15(17)8-6-14)20-10-9-19-12-13(2)3/h5-8,13,16,18H,4,9-12H2,1-3H3. The molecule has 0 saturated heterocycles. The second-order valence-corrected chi connectivity index (χ2v) is 5.19. The Labute approximate surface area is 121 Å². The summed E-state index contributed by atoms with van der Waals surface area (Å²) in [6, 6.07) is 6.47. The molecular weight excluding hydrogens is 257 g/mol. The Bertz CT molecular complexity index is 354. The summed E-state index contributed by atoms with van der Waals surface area (Å²) >= 11 is 0. The lowest BCUT2D eigenvalue weighted by Gasteiger charge is -2.19. The van der Waals surface area contributed by atoms with E-state index in [1.165, 1.54) is 12.1 Å². The van der Waals surface area contributed by atoms with Crippen LogP contribution >= 0.6 is 0 Å². The molecule has 0 aliphatic heterocycles. The molecule has 114 valence electrons. The van der Waals surface area contributed by atoms with E-state index in [4.69, 9.17) is 9.47 Å². The SMILES string of the molecule is CCNCC(OCCOCC(C)C)c1ccc(F)cc1. The number of ether oxygens (including phenoxy) is 2. The van der Waals surface area contributed by atoms with Crippen LogP contribution in [0.2, 0.25) is 0 Å². The number of nitrogens with one attached hydrogen (secondary N) is 1. The van der Waals surface area contributed by atoms with Gasteiger partial charge in [-0.05, 0) is 30.2 Å². The lowest BCUT2D eigenvalue weighted by atomic mass is 10.1. The number of hydrogen-bond acceptors (Lipinski definition) is 3. The van der Waals surface area contributed by atoms with Crippen LogP contribution in [0.4, 0.5) is 4.39 Å². The minimum absolute atomic E-state index is 0.0711. The van der Waals surface area contributed by atoms with Crippen LogP contribution in [-0.4, -0.2) is 32.9 Å². The third kappa shape index (κ3) is 6.98. The van der Waals surface area contributed by atoms with Crippen molar-refractivity contribution < 1.29 is 13.9 Å². The monoisotopic (exact) mass is 283 g/mol. The van der Waals surface area contributed by atoms with Gasteiger partial charge in [0.05, 0.1) is 19.3 Å². The normalized spacial score (nSPS) is 12.8. The van der Waals surface area contributed by atoms with Gasteiger partial charge in [-0.2, -0.15) is 0 Å². The molecule has 4 heteroatoms. The smallest absolute Gasteiger partial charge is 0.123 e. The molecule has 0 radical (unpaired) electrons. The summed E-state index contributed by atoms with van der Waals surface area (Å²) in [6.45, 7) is 9.76. The van der Waals surface area contributed by atoms with E-state index in [1.807, 2.05) is 6.92 Å². The van der Waals surface area contributed by atoms with Crippen molar-refractivity contribution in [3.8, 4) is 0 Å². The van der Waals surface area contributed by atoms with E-state index in [1.54, 1.807) is 12.1 Å². The molecule has 0 saturated carbocycles. The largest absolute Gasteiger partial charge is 0.379 e. The molecule has 0 aliphatic rings. The lowest BCUT2D eigenvalue weighted by Crippen LogP contribution is -2.24. The Morgan fingerprint density at radius 2 is 1.85 bits per heavy atom. The predicted octanol–water partition coefficient (Wildman–Crippen LogP) is 3.17. The van der Waals surface area contributed by atoms with Crippen molar-refractivity contribution in [1.29, 1.82) is 0 Å². The van der Waals surface area contributed by atoms with Crippen LogP contribution in [0.3, 0.4) is 0 Å². The van der Waals surface area contributed by atoms with E-state index in [0.29, 0.717) is 25.7 Å². The molecule has 0 aromatic heterocycles. The van der Waals surface area contributed by atoms with Crippen LogP contribution in [0, 0.1) is 11.7 Å². The molecule has 0 aliphatic carbocycles. The Kier molecular flexibility index (Phi) is 8.42. The lowest BCUT2D eigenvalue weighted by molar-refractivity contribution is -0.00115. The molecule has 1 atom stereocenters. The number of rotatable bonds is 10. The van der Waals surface area contributed by atoms with E-state index in [2.05, 4.69) is 19.2 Å². The molecule has 0 heterocycles. The molecule has 1 unspecified atom stereocenters. The second-order valence-electron chi connectivity index (χ2n) is 5.19. The van der Waals surface area contributed by atoms with E-state index in [9.17, 15) is 4.39 Å². The van der Waals surface area contributed by atoms with E-state index in [-0.39, 0.29) is 11.9 Å². The summed E-state index contributed by atoms with van der Waals surface area (Å²) in [5, 5.41) is 3.26. The Balaban J connectivity index is 2.41. The molecule has 0 bridgehead atoms. The van der Waals surface area contributed by atoms with Gasteiger partial charge in [0.25, 0.3) is 0 Å². The summed E-state index contributed by atoms with van der Waals surface area (Å²) in [5.74, 6) is 0.306. The zero-order valence-electron chi connectivity index (χ0n) is 12.7. The first-order valence-corrected chi connectivity index (χ1v) is 7.29. The molecule has 1 rings (SSSR count). The van der Waals surface area contributed by atoms with Gasteiger partial charge in [-0.1, -0.05) is 32.9 Å². The van der Waals surface area contributed by atoms with E-state index in [0.717, 1.165) is 18.7 Å². The average molecular weight is 283 g/mol. The summed E-state index contributed by atoms with van der Waals surface area (Å²) in [5.41, 5.74) is 0.983. The van der Waals surface area contributed by atoms with Crippen LogP contribution < -0.4 is 5.32 Å². The van der Waals surface area contributed by atoms with Crippen molar-refractivity contribution in [3.05, 3.63) is 35.6 Å². The fourth-order valence-electron chi connectivity index (χ4n) is 1.79.